The summed E-state index contributed by atoms with van der Waals surface area (Å²) in [7, 11) is 0. The molecule has 0 aliphatic rings. The van der Waals surface area contributed by atoms with Gasteiger partial charge in [-0.05, 0) is 29.0 Å². The van der Waals surface area contributed by atoms with Gasteiger partial charge < -0.3 is 5.32 Å². The maximum absolute atomic E-state index is 12.3. The van der Waals surface area contributed by atoms with Crippen molar-refractivity contribution >= 4 is 5.91 Å². The number of benzene rings is 1. The molecule has 0 spiro atoms. The number of amides is 1. The van der Waals surface area contributed by atoms with Gasteiger partial charge in [0, 0.05) is 18.8 Å². The highest BCUT2D eigenvalue weighted by Gasteiger charge is 2.16. The molecule has 8 nitrogen and oxygen atoms in total. The summed E-state index contributed by atoms with van der Waals surface area (Å²) in [6.45, 7) is 2.84. The Labute approximate surface area is 139 Å². The van der Waals surface area contributed by atoms with E-state index in [1.807, 2.05) is 54.2 Å². The average Bonchev–Trinajstić information content (AvgIpc) is 3.25. The summed E-state index contributed by atoms with van der Waals surface area (Å²) in [6, 6.07) is 11.6. The summed E-state index contributed by atoms with van der Waals surface area (Å²) in [4.78, 5) is 12.3. The van der Waals surface area contributed by atoms with Gasteiger partial charge in [0.15, 0.2) is 0 Å². The number of nitrogens with zero attached hydrogens (tertiary/aromatic N) is 6. The van der Waals surface area contributed by atoms with Gasteiger partial charge in [-0.25, -0.2) is 4.68 Å². The van der Waals surface area contributed by atoms with Gasteiger partial charge in [0.05, 0.1) is 19.1 Å². The van der Waals surface area contributed by atoms with Gasteiger partial charge in [-0.3, -0.25) is 9.48 Å². The first kappa shape index (κ1) is 15.9. The molecule has 1 aromatic carbocycles. The Hall–Kier alpha value is -3.03. The van der Waals surface area contributed by atoms with E-state index in [2.05, 4.69) is 25.9 Å². The van der Waals surface area contributed by atoms with Crippen molar-refractivity contribution in [3.8, 4) is 0 Å². The third kappa shape index (κ3) is 4.03. The molecule has 0 fully saturated rings. The fourth-order valence-corrected chi connectivity index (χ4v) is 2.45. The molecule has 0 aliphatic carbocycles. The molecular formula is C16H19N7O. The van der Waals surface area contributed by atoms with Gasteiger partial charge in [0.25, 0.3) is 0 Å². The lowest BCUT2D eigenvalue weighted by Crippen LogP contribution is -2.32. The highest BCUT2D eigenvalue weighted by Crippen LogP contribution is 2.15. The summed E-state index contributed by atoms with van der Waals surface area (Å²) in [5, 5.41) is 18.5. The minimum atomic E-state index is -0.145. The largest absolute Gasteiger partial charge is 0.347 e. The van der Waals surface area contributed by atoms with Crippen LogP contribution in [-0.2, 0) is 17.9 Å². The number of carbonyl (C=O) groups is 1. The Morgan fingerprint density at radius 2 is 2.08 bits per heavy atom. The maximum Gasteiger partial charge on any atom is 0.222 e. The maximum atomic E-state index is 12.3. The summed E-state index contributed by atoms with van der Waals surface area (Å²) in [6.07, 6.45) is 3.92. The zero-order chi connectivity index (χ0) is 16.8. The van der Waals surface area contributed by atoms with Crippen LogP contribution in [0, 0.1) is 6.92 Å². The van der Waals surface area contributed by atoms with E-state index < -0.39 is 0 Å². The molecular weight excluding hydrogens is 306 g/mol. The zero-order valence-electron chi connectivity index (χ0n) is 13.4. The van der Waals surface area contributed by atoms with E-state index in [0.29, 0.717) is 25.3 Å². The second-order valence-corrected chi connectivity index (χ2v) is 5.46. The molecule has 3 aromatic rings. The fourth-order valence-electron chi connectivity index (χ4n) is 2.45. The number of aromatic nitrogens is 6. The third-order valence-electron chi connectivity index (χ3n) is 3.73. The van der Waals surface area contributed by atoms with Crippen LogP contribution < -0.4 is 5.32 Å². The predicted octanol–water partition coefficient (Wildman–Crippen LogP) is 1.13. The molecule has 2 aromatic heterocycles. The SMILES string of the molecule is Cc1nnnn1CCC(=O)N[C@H](Cn1cccn1)c1ccccc1. The van der Waals surface area contributed by atoms with Crippen molar-refractivity contribution in [2.75, 3.05) is 0 Å². The number of rotatable bonds is 7. The first-order valence-corrected chi connectivity index (χ1v) is 7.77. The van der Waals surface area contributed by atoms with Crippen molar-refractivity contribution in [3.63, 3.8) is 0 Å². The molecule has 1 amide bonds. The Balaban J connectivity index is 1.64. The lowest BCUT2D eigenvalue weighted by molar-refractivity contribution is -0.122. The van der Waals surface area contributed by atoms with Crippen LogP contribution in [0.25, 0.3) is 0 Å². The van der Waals surface area contributed by atoms with Crippen LogP contribution in [0.2, 0.25) is 0 Å². The second kappa shape index (κ2) is 7.49. The number of hydrogen-bond acceptors (Lipinski definition) is 5. The summed E-state index contributed by atoms with van der Waals surface area (Å²) in [5.41, 5.74) is 1.04. The van der Waals surface area contributed by atoms with E-state index in [1.54, 1.807) is 10.9 Å². The third-order valence-corrected chi connectivity index (χ3v) is 3.73. The molecule has 0 aliphatic heterocycles. The second-order valence-electron chi connectivity index (χ2n) is 5.46. The van der Waals surface area contributed by atoms with Crippen LogP contribution in [0.1, 0.15) is 23.9 Å². The van der Waals surface area contributed by atoms with Gasteiger partial charge in [-0.2, -0.15) is 5.10 Å². The highest BCUT2D eigenvalue weighted by molar-refractivity contribution is 5.76. The van der Waals surface area contributed by atoms with Gasteiger partial charge in [0.2, 0.25) is 5.91 Å². The number of carbonyl (C=O) groups excluding carboxylic acids is 1. The lowest BCUT2D eigenvalue weighted by Gasteiger charge is -2.19. The fraction of sp³-hybridized carbons (Fsp3) is 0.312. The van der Waals surface area contributed by atoms with E-state index >= 15 is 0 Å². The van der Waals surface area contributed by atoms with Crippen LogP contribution in [0.15, 0.2) is 48.8 Å². The Bertz CT molecular complexity index is 767. The van der Waals surface area contributed by atoms with Crippen molar-refractivity contribution < 1.29 is 4.79 Å². The van der Waals surface area contributed by atoms with E-state index in [9.17, 15) is 4.79 Å². The minimum Gasteiger partial charge on any atom is -0.347 e. The normalized spacial score (nSPS) is 12.0. The number of tetrazole rings is 1. The molecule has 2 heterocycles. The molecule has 3 rings (SSSR count). The topological polar surface area (TPSA) is 90.5 Å². The minimum absolute atomic E-state index is 0.0501. The molecule has 1 N–H and O–H groups in total. The molecule has 24 heavy (non-hydrogen) atoms. The Kier molecular flexibility index (Phi) is 4.95. The van der Waals surface area contributed by atoms with Crippen molar-refractivity contribution in [2.24, 2.45) is 0 Å². The van der Waals surface area contributed by atoms with E-state index in [0.717, 1.165) is 5.56 Å². The first-order chi connectivity index (χ1) is 11.7. The smallest absolute Gasteiger partial charge is 0.222 e. The number of aryl methyl sites for hydroxylation is 2. The predicted molar refractivity (Wildman–Crippen MR) is 86.7 cm³/mol. The Morgan fingerprint density at radius 3 is 2.75 bits per heavy atom. The van der Waals surface area contributed by atoms with Crippen LogP contribution >= 0.6 is 0 Å². The summed E-state index contributed by atoms with van der Waals surface area (Å²) >= 11 is 0. The quantitative estimate of drug-likeness (QED) is 0.703. The van der Waals surface area contributed by atoms with Crippen LogP contribution in [0.4, 0.5) is 0 Å². The standard InChI is InChI=1S/C16H19N7O/c1-13-19-20-21-23(13)11-8-16(24)18-15(12-22-10-5-9-17-22)14-6-3-2-4-7-14/h2-7,9-10,15H,8,11-12H2,1H3,(H,18,24)/t15-/m1/s1. The molecule has 0 saturated heterocycles. The van der Waals surface area contributed by atoms with E-state index in [4.69, 9.17) is 0 Å². The van der Waals surface area contributed by atoms with E-state index in [1.165, 1.54) is 0 Å². The van der Waals surface area contributed by atoms with Crippen molar-refractivity contribution in [2.45, 2.75) is 32.5 Å². The van der Waals surface area contributed by atoms with Gasteiger partial charge in [-0.1, -0.05) is 30.3 Å². The summed E-state index contributed by atoms with van der Waals surface area (Å²) < 4.78 is 3.42. The van der Waals surface area contributed by atoms with Crippen molar-refractivity contribution in [1.82, 2.24) is 35.3 Å². The van der Waals surface area contributed by atoms with Gasteiger partial charge in [-0.15, -0.1) is 5.10 Å². The van der Waals surface area contributed by atoms with Crippen LogP contribution in [0.5, 0.6) is 0 Å². The molecule has 1 atom stereocenters. The molecule has 0 bridgehead atoms. The molecule has 124 valence electrons. The number of hydrogen-bond donors (Lipinski definition) is 1. The average molecular weight is 325 g/mol. The monoisotopic (exact) mass is 325 g/mol. The van der Waals surface area contributed by atoms with Crippen molar-refractivity contribution in [1.29, 1.82) is 0 Å². The van der Waals surface area contributed by atoms with Crippen molar-refractivity contribution in [3.05, 3.63) is 60.2 Å². The highest BCUT2D eigenvalue weighted by atomic mass is 16.1. The summed E-state index contributed by atoms with van der Waals surface area (Å²) in [5.74, 6) is 0.643. The Morgan fingerprint density at radius 1 is 1.25 bits per heavy atom. The molecule has 0 unspecified atom stereocenters. The molecule has 0 radical (unpaired) electrons. The lowest BCUT2D eigenvalue weighted by atomic mass is 10.1. The first-order valence-electron chi connectivity index (χ1n) is 7.77. The van der Waals surface area contributed by atoms with Crippen LogP contribution in [-0.4, -0.2) is 35.9 Å². The van der Waals surface area contributed by atoms with Gasteiger partial charge >= 0.3 is 0 Å². The molecule has 0 saturated carbocycles. The van der Waals surface area contributed by atoms with Gasteiger partial charge in [0.1, 0.15) is 5.82 Å². The van der Waals surface area contributed by atoms with Crippen LogP contribution in [0.3, 0.4) is 0 Å². The zero-order valence-corrected chi connectivity index (χ0v) is 13.4. The number of nitrogens with one attached hydrogen (secondary N) is 1. The van der Waals surface area contributed by atoms with E-state index in [-0.39, 0.29) is 11.9 Å². The molecule has 8 heteroatoms.